The molecule has 0 heterocycles. The monoisotopic (exact) mass is 277 g/mol. The molecule has 18 heavy (non-hydrogen) atoms. The first-order valence-electron chi connectivity index (χ1n) is 6.18. The van der Waals surface area contributed by atoms with Crippen LogP contribution in [-0.4, -0.2) is 45.2 Å². The second kappa shape index (κ2) is 8.54. The predicted molar refractivity (Wildman–Crippen MR) is 71.7 cm³/mol. The molecule has 0 aromatic heterocycles. The van der Waals surface area contributed by atoms with E-state index in [1.165, 1.54) is 26.4 Å². The summed E-state index contributed by atoms with van der Waals surface area (Å²) < 4.78 is 5.09. The molecule has 0 fully saturated rings. The topological polar surface area (TPSA) is 26.3 Å². The Hall–Kier alpha value is -0.540. The normalized spacial score (nSPS) is 17.0. The fourth-order valence-corrected chi connectivity index (χ4v) is 1.55. The van der Waals surface area contributed by atoms with Crippen LogP contribution in [-0.2, 0) is 9.53 Å². The number of nitrogens with zero attached hydrogens (tertiary/aromatic N) is 1. The SMILES string of the molecule is CC1(C)CC=CCC1.COC(=O)C[N+](C)(C)C.[Cl-]. The lowest BCUT2D eigenvalue weighted by atomic mass is 9.81. The van der Waals surface area contributed by atoms with Crippen LogP contribution in [0.1, 0.15) is 33.1 Å². The van der Waals surface area contributed by atoms with Crippen molar-refractivity contribution in [1.82, 2.24) is 0 Å². The Kier molecular flexibility index (Phi) is 9.39. The minimum Gasteiger partial charge on any atom is -1.00 e. The number of allylic oxidation sites excluding steroid dienone is 2. The molecule has 0 saturated heterocycles. The molecule has 0 amide bonds. The van der Waals surface area contributed by atoms with Crippen LogP contribution < -0.4 is 12.4 Å². The third-order valence-electron chi connectivity index (χ3n) is 2.66. The molecule has 108 valence electrons. The van der Waals surface area contributed by atoms with Gasteiger partial charge in [-0.3, -0.25) is 0 Å². The minimum atomic E-state index is -0.164. The predicted octanol–water partition coefficient (Wildman–Crippen LogP) is -0.378. The molecule has 4 heteroatoms. The zero-order valence-corrected chi connectivity index (χ0v) is 13.4. The Morgan fingerprint density at radius 3 is 2.00 bits per heavy atom. The number of quaternary nitrogens is 1. The average Bonchev–Trinajstić information content (AvgIpc) is 2.15. The van der Waals surface area contributed by atoms with Crippen molar-refractivity contribution in [3.8, 4) is 0 Å². The molecule has 0 unspecified atom stereocenters. The second-order valence-corrected chi connectivity index (χ2v) is 6.40. The minimum absolute atomic E-state index is 0. The lowest BCUT2D eigenvalue weighted by molar-refractivity contribution is -0.862. The van der Waals surface area contributed by atoms with Crippen molar-refractivity contribution in [3.05, 3.63) is 12.2 Å². The van der Waals surface area contributed by atoms with Crippen LogP contribution in [0.4, 0.5) is 0 Å². The number of halogens is 1. The van der Waals surface area contributed by atoms with Crippen molar-refractivity contribution in [2.75, 3.05) is 34.8 Å². The Morgan fingerprint density at radius 2 is 1.83 bits per heavy atom. The number of rotatable bonds is 2. The summed E-state index contributed by atoms with van der Waals surface area (Å²) in [6, 6.07) is 0. The van der Waals surface area contributed by atoms with E-state index in [2.05, 4.69) is 30.7 Å². The van der Waals surface area contributed by atoms with Crippen LogP contribution >= 0.6 is 0 Å². The number of carbonyl (C=O) groups excluding carboxylic acids is 1. The Labute approximate surface area is 118 Å². The summed E-state index contributed by atoms with van der Waals surface area (Å²) in [4.78, 5) is 10.6. The van der Waals surface area contributed by atoms with Gasteiger partial charge in [-0.2, -0.15) is 0 Å². The summed E-state index contributed by atoms with van der Waals surface area (Å²) in [7, 11) is 7.22. The number of hydrogen-bond donors (Lipinski definition) is 0. The molecule has 1 rings (SSSR count). The van der Waals surface area contributed by atoms with E-state index < -0.39 is 0 Å². The summed E-state index contributed by atoms with van der Waals surface area (Å²) in [6.45, 7) is 5.09. The molecule has 0 aromatic carbocycles. The van der Waals surface area contributed by atoms with Crippen LogP contribution in [0.3, 0.4) is 0 Å². The van der Waals surface area contributed by atoms with Crippen LogP contribution in [0.2, 0.25) is 0 Å². The van der Waals surface area contributed by atoms with Crippen LogP contribution in [0.5, 0.6) is 0 Å². The van der Waals surface area contributed by atoms with E-state index in [9.17, 15) is 4.79 Å². The maximum absolute atomic E-state index is 10.6. The third-order valence-corrected chi connectivity index (χ3v) is 2.66. The van der Waals surface area contributed by atoms with Crippen molar-refractivity contribution in [1.29, 1.82) is 0 Å². The standard InChI is InChI=1S/C8H14.C6H14NO2.ClH/c1-8(2)6-4-3-5-7-8;1-7(2,3)5-6(8)9-4;/h3-4H,5-7H2,1-2H3;5H2,1-4H3;1H/q;+1;/p-1. The van der Waals surface area contributed by atoms with E-state index in [1.807, 2.05) is 21.1 Å². The van der Waals surface area contributed by atoms with Crippen molar-refractivity contribution in [2.45, 2.75) is 33.1 Å². The van der Waals surface area contributed by atoms with E-state index in [1.54, 1.807) is 0 Å². The Morgan fingerprint density at radius 1 is 1.28 bits per heavy atom. The number of carbonyl (C=O) groups is 1. The fraction of sp³-hybridized carbons (Fsp3) is 0.786. The molecule has 0 aliphatic heterocycles. The van der Waals surface area contributed by atoms with Gasteiger partial charge in [0.2, 0.25) is 0 Å². The second-order valence-electron chi connectivity index (χ2n) is 6.40. The molecule has 0 bridgehead atoms. The summed E-state index contributed by atoms with van der Waals surface area (Å²) >= 11 is 0. The van der Waals surface area contributed by atoms with Crippen molar-refractivity contribution in [3.63, 3.8) is 0 Å². The number of hydrogen-bond acceptors (Lipinski definition) is 2. The van der Waals surface area contributed by atoms with Gasteiger partial charge in [0.25, 0.3) is 0 Å². The number of esters is 1. The van der Waals surface area contributed by atoms with Gasteiger partial charge >= 0.3 is 5.97 Å². The maximum Gasteiger partial charge on any atom is 0.361 e. The highest BCUT2D eigenvalue weighted by Gasteiger charge is 2.16. The first-order valence-corrected chi connectivity index (χ1v) is 6.18. The van der Waals surface area contributed by atoms with Crippen molar-refractivity contribution < 1.29 is 26.4 Å². The van der Waals surface area contributed by atoms with Gasteiger partial charge in [0.15, 0.2) is 6.54 Å². The highest BCUT2D eigenvalue weighted by Crippen LogP contribution is 2.30. The van der Waals surface area contributed by atoms with Gasteiger partial charge in [-0.1, -0.05) is 26.0 Å². The fourth-order valence-electron chi connectivity index (χ4n) is 1.55. The largest absolute Gasteiger partial charge is 1.00 e. The van der Waals surface area contributed by atoms with E-state index in [0.29, 0.717) is 16.4 Å². The lowest BCUT2D eigenvalue weighted by Gasteiger charge is -2.24. The molecular weight excluding hydrogens is 250 g/mol. The van der Waals surface area contributed by atoms with Gasteiger partial charge in [-0.15, -0.1) is 0 Å². The van der Waals surface area contributed by atoms with Gasteiger partial charge in [-0.25, -0.2) is 4.79 Å². The van der Waals surface area contributed by atoms with E-state index in [-0.39, 0.29) is 18.4 Å². The molecule has 0 radical (unpaired) electrons. The summed E-state index contributed by atoms with van der Waals surface area (Å²) in [6.07, 6.45) is 8.50. The highest BCUT2D eigenvalue weighted by atomic mass is 35.5. The summed E-state index contributed by atoms with van der Waals surface area (Å²) in [5.74, 6) is -0.164. The molecule has 0 atom stereocenters. The van der Waals surface area contributed by atoms with Gasteiger partial charge in [-0.05, 0) is 24.7 Å². The molecule has 0 aromatic rings. The van der Waals surface area contributed by atoms with Gasteiger partial charge in [0.1, 0.15) is 0 Å². The van der Waals surface area contributed by atoms with Gasteiger partial charge in [0.05, 0.1) is 28.3 Å². The van der Waals surface area contributed by atoms with Crippen molar-refractivity contribution in [2.24, 2.45) is 5.41 Å². The third kappa shape index (κ3) is 11.9. The zero-order chi connectivity index (χ0) is 13.5. The van der Waals surface area contributed by atoms with Gasteiger partial charge in [0, 0.05) is 0 Å². The summed E-state index contributed by atoms with van der Waals surface area (Å²) in [5, 5.41) is 0. The molecule has 0 saturated carbocycles. The van der Waals surface area contributed by atoms with Crippen LogP contribution in [0, 0.1) is 5.41 Å². The molecule has 0 spiro atoms. The van der Waals surface area contributed by atoms with Gasteiger partial charge < -0.3 is 21.6 Å². The quantitative estimate of drug-likeness (QED) is 0.391. The molecule has 1 aliphatic carbocycles. The smallest absolute Gasteiger partial charge is 0.361 e. The van der Waals surface area contributed by atoms with Crippen LogP contribution in [0.25, 0.3) is 0 Å². The molecule has 0 N–H and O–H groups in total. The molecular formula is C14H28ClNO2. The first-order chi connectivity index (χ1) is 7.66. The molecule has 1 aliphatic rings. The maximum atomic E-state index is 10.6. The molecule has 3 nitrogen and oxygen atoms in total. The highest BCUT2D eigenvalue weighted by molar-refractivity contribution is 5.70. The van der Waals surface area contributed by atoms with E-state index >= 15 is 0 Å². The average molecular weight is 278 g/mol. The Balaban J connectivity index is 0. The first kappa shape index (κ1) is 19.8. The van der Waals surface area contributed by atoms with Crippen LogP contribution in [0.15, 0.2) is 12.2 Å². The number of methoxy groups -OCH3 is 1. The lowest BCUT2D eigenvalue weighted by Crippen LogP contribution is -3.00. The number of likely N-dealkylation sites (N-methyl/N-ethyl adjacent to an activating group) is 1. The van der Waals surface area contributed by atoms with Crippen molar-refractivity contribution >= 4 is 5.97 Å². The Bertz CT molecular complexity index is 267. The van der Waals surface area contributed by atoms with E-state index in [0.717, 1.165) is 0 Å². The number of ether oxygens (including phenoxy) is 1. The summed E-state index contributed by atoms with van der Waals surface area (Å²) in [5.41, 5.74) is 0.592. The van der Waals surface area contributed by atoms with E-state index in [4.69, 9.17) is 0 Å². The zero-order valence-electron chi connectivity index (χ0n) is 12.6.